The molecule has 0 radical (unpaired) electrons. The van der Waals surface area contributed by atoms with Crippen molar-refractivity contribution in [1.82, 2.24) is 4.98 Å². The molecule has 84 valence electrons. The number of nitrogens with zero attached hydrogens (tertiary/aromatic N) is 1. The van der Waals surface area contributed by atoms with Crippen LogP contribution in [0.3, 0.4) is 0 Å². The highest BCUT2D eigenvalue weighted by Crippen LogP contribution is 2.29. The van der Waals surface area contributed by atoms with E-state index in [1.54, 1.807) is 11.3 Å². The summed E-state index contributed by atoms with van der Waals surface area (Å²) in [4.78, 5) is 5.88. The number of hydrogen-bond donors (Lipinski definition) is 1. The second-order valence-corrected chi connectivity index (χ2v) is 5.24. The highest BCUT2D eigenvalue weighted by molar-refractivity contribution is 7.11. The maximum Gasteiger partial charge on any atom is 0.0904 e. The molecule has 16 heavy (non-hydrogen) atoms. The molecule has 0 aliphatic carbocycles. The average molecular weight is 232 g/mol. The molecule has 2 rings (SSSR count). The predicted molar refractivity (Wildman–Crippen MR) is 69.8 cm³/mol. The van der Waals surface area contributed by atoms with E-state index < -0.39 is 0 Å². The van der Waals surface area contributed by atoms with Crippen molar-refractivity contribution in [3.05, 3.63) is 39.7 Å². The fourth-order valence-electron chi connectivity index (χ4n) is 1.90. The van der Waals surface area contributed by atoms with Crippen molar-refractivity contribution in [3.63, 3.8) is 0 Å². The van der Waals surface area contributed by atoms with E-state index in [-0.39, 0.29) is 0 Å². The Morgan fingerprint density at radius 2 is 2.00 bits per heavy atom. The molecule has 0 saturated heterocycles. The summed E-state index contributed by atoms with van der Waals surface area (Å²) in [5, 5.41) is 1.12. The van der Waals surface area contributed by atoms with E-state index in [1.165, 1.54) is 16.0 Å². The smallest absolute Gasteiger partial charge is 0.0904 e. The molecule has 0 bridgehead atoms. The molecule has 1 heterocycles. The van der Waals surface area contributed by atoms with Gasteiger partial charge in [0.05, 0.1) is 10.7 Å². The molecule has 0 unspecified atom stereocenters. The van der Waals surface area contributed by atoms with Gasteiger partial charge in [-0.05, 0) is 32.4 Å². The minimum atomic E-state index is 0.680. The van der Waals surface area contributed by atoms with Crippen LogP contribution < -0.4 is 5.73 Å². The lowest BCUT2D eigenvalue weighted by atomic mass is 10.0. The lowest BCUT2D eigenvalue weighted by molar-refractivity contribution is 0.969. The maximum atomic E-state index is 5.63. The first kappa shape index (κ1) is 11.3. The number of hydrogen-bond acceptors (Lipinski definition) is 3. The summed E-state index contributed by atoms with van der Waals surface area (Å²) in [6.07, 6.45) is 0.909. The number of rotatable bonds is 3. The van der Waals surface area contributed by atoms with E-state index in [0.717, 1.165) is 17.1 Å². The zero-order valence-electron chi connectivity index (χ0n) is 9.66. The molecule has 2 aromatic rings. The van der Waals surface area contributed by atoms with E-state index in [0.29, 0.717) is 6.54 Å². The molecule has 0 amide bonds. The first-order valence-electron chi connectivity index (χ1n) is 5.44. The molecule has 1 aromatic carbocycles. The minimum Gasteiger partial charge on any atom is -0.330 e. The summed E-state index contributed by atoms with van der Waals surface area (Å²) in [6.45, 7) is 4.85. The van der Waals surface area contributed by atoms with Gasteiger partial charge >= 0.3 is 0 Å². The van der Waals surface area contributed by atoms with Crippen LogP contribution in [0.5, 0.6) is 0 Å². The first-order valence-corrected chi connectivity index (χ1v) is 6.26. The Morgan fingerprint density at radius 3 is 2.62 bits per heavy atom. The van der Waals surface area contributed by atoms with Crippen molar-refractivity contribution in [3.8, 4) is 11.3 Å². The van der Waals surface area contributed by atoms with Gasteiger partial charge in [0.15, 0.2) is 0 Å². The van der Waals surface area contributed by atoms with E-state index in [4.69, 9.17) is 5.73 Å². The van der Waals surface area contributed by atoms with Gasteiger partial charge in [0.1, 0.15) is 0 Å². The molecule has 1 aromatic heterocycles. The normalized spacial score (nSPS) is 10.7. The zero-order chi connectivity index (χ0) is 11.5. The first-order chi connectivity index (χ1) is 7.72. The van der Waals surface area contributed by atoms with Gasteiger partial charge in [0.2, 0.25) is 0 Å². The van der Waals surface area contributed by atoms with E-state index in [2.05, 4.69) is 36.2 Å². The van der Waals surface area contributed by atoms with Crippen molar-refractivity contribution in [2.75, 3.05) is 6.54 Å². The minimum absolute atomic E-state index is 0.680. The third-order valence-electron chi connectivity index (χ3n) is 2.59. The summed E-state index contributed by atoms with van der Waals surface area (Å²) in [5.41, 5.74) is 9.27. The quantitative estimate of drug-likeness (QED) is 0.883. The molecule has 0 aliphatic rings. The van der Waals surface area contributed by atoms with Gasteiger partial charge in [-0.1, -0.05) is 24.3 Å². The second-order valence-electron chi connectivity index (χ2n) is 3.83. The van der Waals surface area contributed by atoms with Crippen LogP contribution in [-0.4, -0.2) is 11.5 Å². The van der Waals surface area contributed by atoms with E-state index in [1.807, 2.05) is 6.92 Å². The Balaban J connectivity index is 2.50. The van der Waals surface area contributed by atoms with E-state index >= 15 is 0 Å². The highest BCUT2D eigenvalue weighted by Gasteiger charge is 2.10. The monoisotopic (exact) mass is 232 g/mol. The lowest BCUT2D eigenvalue weighted by Crippen LogP contribution is -2.04. The van der Waals surface area contributed by atoms with Crippen LogP contribution in [0.2, 0.25) is 0 Å². The van der Waals surface area contributed by atoms with Gasteiger partial charge < -0.3 is 5.73 Å². The van der Waals surface area contributed by atoms with Crippen LogP contribution in [0.25, 0.3) is 11.3 Å². The zero-order valence-corrected chi connectivity index (χ0v) is 10.5. The van der Waals surface area contributed by atoms with Gasteiger partial charge in [-0.15, -0.1) is 11.3 Å². The third-order valence-corrected chi connectivity index (χ3v) is 3.48. The number of thiazole rings is 1. The molecule has 2 nitrogen and oxygen atoms in total. The molecular weight excluding hydrogens is 216 g/mol. The Labute approximate surface area is 100 Å². The van der Waals surface area contributed by atoms with Crippen LogP contribution in [-0.2, 0) is 6.42 Å². The van der Waals surface area contributed by atoms with Crippen molar-refractivity contribution in [2.24, 2.45) is 5.73 Å². The number of aromatic nitrogens is 1. The Morgan fingerprint density at radius 1 is 1.25 bits per heavy atom. The Kier molecular flexibility index (Phi) is 3.36. The van der Waals surface area contributed by atoms with Crippen LogP contribution in [0.1, 0.15) is 15.4 Å². The van der Waals surface area contributed by atoms with Crippen LogP contribution in [0.15, 0.2) is 24.3 Å². The van der Waals surface area contributed by atoms with Crippen molar-refractivity contribution in [2.45, 2.75) is 20.3 Å². The standard InChI is InChI=1S/C13H16N2S/c1-9-13(15-10(2)16-9)12-6-4-3-5-11(12)7-8-14/h3-6H,7-8,14H2,1-2H3. The molecule has 0 atom stereocenters. The second kappa shape index (κ2) is 4.76. The Bertz CT molecular complexity index is 488. The SMILES string of the molecule is Cc1nc(-c2ccccc2CCN)c(C)s1. The van der Waals surface area contributed by atoms with Gasteiger partial charge in [-0.2, -0.15) is 0 Å². The van der Waals surface area contributed by atoms with Crippen LogP contribution in [0, 0.1) is 13.8 Å². The Hall–Kier alpha value is -1.19. The molecule has 0 fully saturated rings. The van der Waals surface area contributed by atoms with E-state index in [9.17, 15) is 0 Å². The summed E-state index contributed by atoms with van der Waals surface area (Å²) in [6, 6.07) is 8.38. The topological polar surface area (TPSA) is 38.9 Å². The number of nitrogens with two attached hydrogens (primary N) is 1. The van der Waals surface area contributed by atoms with Crippen molar-refractivity contribution >= 4 is 11.3 Å². The van der Waals surface area contributed by atoms with Gasteiger partial charge in [-0.3, -0.25) is 0 Å². The molecule has 2 N–H and O–H groups in total. The maximum absolute atomic E-state index is 5.63. The summed E-state index contributed by atoms with van der Waals surface area (Å²) in [5.74, 6) is 0. The van der Waals surface area contributed by atoms with Crippen molar-refractivity contribution in [1.29, 1.82) is 0 Å². The summed E-state index contributed by atoms with van der Waals surface area (Å²) in [7, 11) is 0. The fourth-order valence-corrected chi connectivity index (χ4v) is 2.74. The fraction of sp³-hybridized carbons (Fsp3) is 0.308. The molecular formula is C13H16N2S. The summed E-state index contributed by atoms with van der Waals surface area (Å²) >= 11 is 1.75. The number of aryl methyl sites for hydroxylation is 2. The van der Waals surface area contributed by atoms with Crippen LogP contribution in [0.4, 0.5) is 0 Å². The largest absolute Gasteiger partial charge is 0.330 e. The average Bonchev–Trinajstić information content (AvgIpc) is 2.59. The molecule has 0 aliphatic heterocycles. The highest BCUT2D eigenvalue weighted by atomic mass is 32.1. The number of benzene rings is 1. The van der Waals surface area contributed by atoms with Gasteiger partial charge in [0.25, 0.3) is 0 Å². The third kappa shape index (κ3) is 2.15. The summed E-state index contributed by atoms with van der Waals surface area (Å²) < 4.78 is 0. The van der Waals surface area contributed by atoms with Gasteiger partial charge in [0, 0.05) is 10.4 Å². The molecule has 0 saturated carbocycles. The van der Waals surface area contributed by atoms with Gasteiger partial charge in [-0.25, -0.2) is 4.98 Å². The van der Waals surface area contributed by atoms with Crippen LogP contribution >= 0.6 is 11.3 Å². The predicted octanol–water partition coefficient (Wildman–Crippen LogP) is 2.93. The van der Waals surface area contributed by atoms with Crippen molar-refractivity contribution < 1.29 is 0 Å². The lowest BCUT2D eigenvalue weighted by Gasteiger charge is -2.06. The molecule has 3 heteroatoms. The molecule has 0 spiro atoms.